The summed E-state index contributed by atoms with van der Waals surface area (Å²) >= 11 is 0. The van der Waals surface area contributed by atoms with E-state index in [-0.39, 0.29) is 23.5 Å². The molecule has 8 nitrogen and oxygen atoms in total. The van der Waals surface area contributed by atoms with Gasteiger partial charge in [-0.3, -0.25) is 20.2 Å². The highest BCUT2D eigenvalue weighted by Gasteiger charge is 2.25. The summed E-state index contributed by atoms with van der Waals surface area (Å²) in [5.74, 6) is 0. The molecule has 0 bridgehead atoms. The second-order valence-electron chi connectivity index (χ2n) is 7.67. The van der Waals surface area contributed by atoms with E-state index in [0.717, 1.165) is 22.5 Å². The predicted octanol–water partition coefficient (Wildman–Crippen LogP) is 6.51. The number of benzene rings is 4. The van der Waals surface area contributed by atoms with E-state index in [0.29, 0.717) is 0 Å². The maximum absolute atomic E-state index is 11.1. The Morgan fingerprint density at radius 1 is 0.500 bits per heavy atom. The van der Waals surface area contributed by atoms with E-state index in [1.165, 1.54) is 24.3 Å². The van der Waals surface area contributed by atoms with E-state index in [4.69, 9.17) is 0 Å². The topological polar surface area (TPSA) is 110 Å². The monoisotopic (exact) mass is 454 g/mol. The highest BCUT2D eigenvalue weighted by Crippen LogP contribution is 2.35. The Bertz CT molecular complexity index is 1150. The van der Waals surface area contributed by atoms with Gasteiger partial charge in [-0.2, -0.15) is 0 Å². The van der Waals surface area contributed by atoms with Gasteiger partial charge in [0.1, 0.15) is 0 Å². The zero-order chi connectivity index (χ0) is 23.9. The molecule has 0 aliphatic carbocycles. The van der Waals surface area contributed by atoms with Crippen LogP contribution >= 0.6 is 0 Å². The van der Waals surface area contributed by atoms with E-state index in [1.54, 1.807) is 24.3 Å². The molecule has 2 N–H and O–H groups in total. The normalized spacial score (nSPS) is 12.4. The predicted molar refractivity (Wildman–Crippen MR) is 132 cm³/mol. The second kappa shape index (κ2) is 10.3. The van der Waals surface area contributed by atoms with E-state index in [9.17, 15) is 20.2 Å². The summed E-state index contributed by atoms with van der Waals surface area (Å²) in [7, 11) is 0. The molecule has 4 rings (SSSR count). The Morgan fingerprint density at radius 3 is 1.12 bits per heavy atom. The fourth-order valence-electron chi connectivity index (χ4n) is 3.76. The summed E-state index contributed by atoms with van der Waals surface area (Å²) in [4.78, 5) is 21.2. The van der Waals surface area contributed by atoms with Gasteiger partial charge in [0.2, 0.25) is 0 Å². The molecule has 8 heteroatoms. The molecule has 0 amide bonds. The van der Waals surface area contributed by atoms with E-state index < -0.39 is 9.85 Å². The van der Waals surface area contributed by atoms with Crippen LogP contribution in [0, 0.1) is 20.2 Å². The third kappa shape index (κ3) is 5.36. The van der Waals surface area contributed by atoms with Crippen molar-refractivity contribution in [2.75, 3.05) is 10.6 Å². The molecule has 4 aromatic rings. The van der Waals surface area contributed by atoms with Gasteiger partial charge in [0.05, 0.1) is 21.9 Å². The number of nitrogens with zero attached hydrogens (tertiary/aromatic N) is 2. The molecular formula is C26H22N4O4. The third-order valence-corrected chi connectivity index (χ3v) is 5.45. The third-order valence-electron chi connectivity index (χ3n) is 5.45. The summed E-state index contributed by atoms with van der Waals surface area (Å²) in [5, 5.41) is 29.1. The highest BCUT2D eigenvalue weighted by molar-refractivity contribution is 5.54. The Labute approximate surface area is 196 Å². The van der Waals surface area contributed by atoms with Crippen LogP contribution < -0.4 is 10.6 Å². The van der Waals surface area contributed by atoms with Crippen molar-refractivity contribution in [2.24, 2.45) is 0 Å². The smallest absolute Gasteiger partial charge is 0.269 e. The minimum absolute atomic E-state index is 0.0189. The first-order chi connectivity index (χ1) is 16.5. The summed E-state index contributed by atoms with van der Waals surface area (Å²) in [5.41, 5.74) is 3.50. The minimum Gasteiger partial charge on any atom is -0.376 e. The lowest BCUT2D eigenvalue weighted by Crippen LogP contribution is -2.25. The van der Waals surface area contributed by atoms with Crippen LogP contribution in [0.5, 0.6) is 0 Å². The van der Waals surface area contributed by atoms with Gasteiger partial charge in [-0.25, -0.2) is 0 Å². The number of nitro benzene ring substituents is 2. The summed E-state index contributed by atoms with van der Waals surface area (Å²) in [6.45, 7) is 0. The standard InChI is InChI=1S/C26H22N4O4/c31-29(32)23-15-11-21(12-16-23)27-25(19-7-3-1-4-8-19)26(20-9-5-2-6-10-20)28-22-13-17-24(18-14-22)30(33)34/h1-18,25-28H/t25-,26-/m1/s1. The lowest BCUT2D eigenvalue weighted by molar-refractivity contribution is -0.385. The zero-order valence-corrected chi connectivity index (χ0v) is 18.1. The fraction of sp³-hybridized carbons (Fsp3) is 0.0769. The second-order valence-corrected chi connectivity index (χ2v) is 7.67. The van der Waals surface area contributed by atoms with Crippen LogP contribution in [0.4, 0.5) is 22.7 Å². The van der Waals surface area contributed by atoms with Gasteiger partial charge in [0.15, 0.2) is 0 Å². The molecule has 0 radical (unpaired) electrons. The molecule has 2 atom stereocenters. The van der Waals surface area contributed by atoms with Crippen LogP contribution in [-0.4, -0.2) is 9.85 Å². The number of non-ortho nitro benzene ring substituents is 2. The molecule has 0 fully saturated rings. The molecule has 0 saturated heterocycles. The van der Waals surface area contributed by atoms with Crippen molar-refractivity contribution in [3.8, 4) is 0 Å². The summed E-state index contributed by atoms with van der Waals surface area (Å²) in [6.07, 6.45) is 0. The molecule has 170 valence electrons. The Morgan fingerprint density at radius 2 is 0.824 bits per heavy atom. The van der Waals surface area contributed by atoms with Crippen molar-refractivity contribution in [3.63, 3.8) is 0 Å². The quantitative estimate of drug-likeness (QED) is 0.220. The Kier molecular flexibility index (Phi) is 6.78. The average Bonchev–Trinajstić information content (AvgIpc) is 2.87. The number of anilines is 2. The van der Waals surface area contributed by atoms with Crippen molar-refractivity contribution >= 4 is 22.7 Å². The molecule has 0 aliphatic heterocycles. The van der Waals surface area contributed by atoms with E-state index >= 15 is 0 Å². The van der Waals surface area contributed by atoms with Crippen LogP contribution in [0.15, 0.2) is 109 Å². The molecule has 0 aliphatic rings. The molecule has 0 aromatic heterocycles. The van der Waals surface area contributed by atoms with Gasteiger partial charge >= 0.3 is 0 Å². The number of rotatable bonds is 9. The lowest BCUT2D eigenvalue weighted by Gasteiger charge is -2.31. The van der Waals surface area contributed by atoms with Crippen LogP contribution in [-0.2, 0) is 0 Å². The molecular weight excluding hydrogens is 432 g/mol. The van der Waals surface area contributed by atoms with Crippen LogP contribution in [0.1, 0.15) is 23.2 Å². The summed E-state index contributed by atoms with van der Waals surface area (Å²) < 4.78 is 0. The van der Waals surface area contributed by atoms with E-state index in [2.05, 4.69) is 10.6 Å². The van der Waals surface area contributed by atoms with Crippen LogP contribution in [0.3, 0.4) is 0 Å². The molecule has 4 aromatic carbocycles. The fourth-order valence-corrected chi connectivity index (χ4v) is 3.76. The molecule has 0 heterocycles. The lowest BCUT2D eigenvalue weighted by atomic mass is 9.92. The average molecular weight is 454 g/mol. The van der Waals surface area contributed by atoms with Gasteiger partial charge in [0, 0.05) is 35.6 Å². The molecule has 0 unspecified atom stereocenters. The Hall–Kier alpha value is -4.72. The van der Waals surface area contributed by atoms with Crippen LogP contribution in [0.25, 0.3) is 0 Å². The minimum atomic E-state index is -0.429. The SMILES string of the molecule is O=[N+]([O-])c1ccc(N[C@H](c2ccccc2)[C@H](Nc2ccc([N+](=O)[O-])cc2)c2ccccc2)cc1. The van der Waals surface area contributed by atoms with Crippen molar-refractivity contribution in [2.45, 2.75) is 12.1 Å². The Balaban J connectivity index is 1.73. The van der Waals surface area contributed by atoms with Gasteiger partial charge in [-0.05, 0) is 35.4 Å². The van der Waals surface area contributed by atoms with Gasteiger partial charge < -0.3 is 10.6 Å². The zero-order valence-electron chi connectivity index (χ0n) is 18.1. The highest BCUT2D eigenvalue weighted by atomic mass is 16.6. The number of hydrogen-bond donors (Lipinski definition) is 2. The first-order valence-corrected chi connectivity index (χ1v) is 10.6. The maximum Gasteiger partial charge on any atom is 0.269 e. The van der Waals surface area contributed by atoms with Crippen LogP contribution in [0.2, 0.25) is 0 Å². The number of nitro groups is 2. The van der Waals surface area contributed by atoms with E-state index in [1.807, 2.05) is 60.7 Å². The molecule has 0 spiro atoms. The molecule has 0 saturated carbocycles. The van der Waals surface area contributed by atoms with Gasteiger partial charge in [-0.15, -0.1) is 0 Å². The van der Waals surface area contributed by atoms with Crippen molar-refractivity contribution in [1.82, 2.24) is 0 Å². The molecule has 34 heavy (non-hydrogen) atoms. The van der Waals surface area contributed by atoms with Crippen molar-refractivity contribution < 1.29 is 9.85 Å². The number of hydrogen-bond acceptors (Lipinski definition) is 6. The van der Waals surface area contributed by atoms with Crippen molar-refractivity contribution in [1.29, 1.82) is 0 Å². The first-order valence-electron chi connectivity index (χ1n) is 10.6. The van der Waals surface area contributed by atoms with Crippen molar-refractivity contribution in [3.05, 3.63) is 141 Å². The van der Waals surface area contributed by atoms with Gasteiger partial charge in [-0.1, -0.05) is 60.7 Å². The number of nitrogens with one attached hydrogen (secondary N) is 2. The first kappa shape index (κ1) is 22.5. The summed E-state index contributed by atoms with van der Waals surface area (Å²) in [6, 6.07) is 31.8. The maximum atomic E-state index is 11.1. The largest absolute Gasteiger partial charge is 0.376 e. The van der Waals surface area contributed by atoms with Gasteiger partial charge in [0.25, 0.3) is 11.4 Å².